The highest BCUT2D eigenvalue weighted by molar-refractivity contribution is 7.80. The summed E-state index contributed by atoms with van der Waals surface area (Å²) in [6, 6.07) is 11.8. The quantitative estimate of drug-likeness (QED) is 0.633. The van der Waals surface area contributed by atoms with Gasteiger partial charge < -0.3 is 14.8 Å². The normalized spacial score (nSPS) is 15.3. The highest BCUT2D eigenvalue weighted by Gasteiger charge is 2.26. The van der Waals surface area contributed by atoms with Gasteiger partial charge in [-0.2, -0.15) is 0 Å². The molecule has 6 heteroatoms. The molecule has 27 heavy (non-hydrogen) atoms. The summed E-state index contributed by atoms with van der Waals surface area (Å²) < 4.78 is 11.5. The number of rotatable bonds is 5. The number of ether oxygens (including phenoxy) is 2. The Morgan fingerprint density at radius 3 is 2.59 bits per heavy atom. The largest absolute Gasteiger partial charge is 0.496 e. The maximum atomic E-state index is 12.2. The van der Waals surface area contributed by atoms with E-state index in [1.54, 1.807) is 20.2 Å². The molecule has 1 heterocycles. The van der Waals surface area contributed by atoms with Crippen LogP contribution in [0.25, 0.3) is 6.08 Å². The van der Waals surface area contributed by atoms with Crippen LogP contribution >= 0.6 is 12.2 Å². The summed E-state index contributed by atoms with van der Waals surface area (Å²) in [6.07, 6.45) is 1.78. The fourth-order valence-corrected chi connectivity index (χ4v) is 3.00. The second kappa shape index (κ2) is 7.80. The molecule has 0 radical (unpaired) electrons. The van der Waals surface area contributed by atoms with E-state index in [0.717, 1.165) is 33.8 Å². The number of aryl methyl sites for hydroxylation is 2. The molecule has 1 aliphatic heterocycles. The Morgan fingerprint density at radius 2 is 1.93 bits per heavy atom. The zero-order chi connectivity index (χ0) is 19.6. The van der Waals surface area contributed by atoms with E-state index < -0.39 is 0 Å². The van der Waals surface area contributed by atoms with E-state index in [4.69, 9.17) is 21.7 Å². The highest BCUT2D eigenvalue weighted by Crippen LogP contribution is 2.26. The number of likely N-dealkylation sites (N-methyl/N-ethyl adjacent to an activating group) is 1. The lowest BCUT2D eigenvalue weighted by atomic mass is 10.1. The molecule has 2 aromatic carbocycles. The summed E-state index contributed by atoms with van der Waals surface area (Å²) in [4.78, 5) is 13.6. The fraction of sp³-hybridized carbons (Fsp3) is 0.238. The molecular formula is C21H22N2O3S. The molecule has 140 valence electrons. The van der Waals surface area contributed by atoms with Crippen LogP contribution < -0.4 is 14.8 Å². The molecule has 0 aliphatic carbocycles. The van der Waals surface area contributed by atoms with E-state index >= 15 is 0 Å². The van der Waals surface area contributed by atoms with Crippen LogP contribution in [0.5, 0.6) is 11.5 Å². The second-order valence-corrected chi connectivity index (χ2v) is 6.87. The summed E-state index contributed by atoms with van der Waals surface area (Å²) in [5, 5.41) is 3.33. The van der Waals surface area contributed by atoms with Gasteiger partial charge in [-0.05, 0) is 67.0 Å². The molecule has 1 aliphatic rings. The Labute approximate surface area is 164 Å². The van der Waals surface area contributed by atoms with Gasteiger partial charge in [0.05, 0.1) is 7.11 Å². The number of hydrogen-bond acceptors (Lipinski definition) is 4. The van der Waals surface area contributed by atoms with Crippen molar-refractivity contribution in [1.82, 2.24) is 10.2 Å². The minimum Gasteiger partial charge on any atom is -0.496 e. The number of nitrogens with one attached hydrogen (secondary N) is 1. The van der Waals surface area contributed by atoms with Gasteiger partial charge in [-0.15, -0.1) is 0 Å². The molecule has 1 fully saturated rings. The molecule has 1 amide bonds. The first-order valence-electron chi connectivity index (χ1n) is 8.56. The van der Waals surface area contributed by atoms with Crippen molar-refractivity contribution >= 4 is 29.3 Å². The number of nitrogens with zero attached hydrogens (tertiary/aromatic N) is 1. The lowest BCUT2D eigenvalue weighted by molar-refractivity contribution is -0.121. The third-order valence-corrected chi connectivity index (χ3v) is 4.80. The summed E-state index contributed by atoms with van der Waals surface area (Å²) >= 11 is 5.11. The van der Waals surface area contributed by atoms with Crippen LogP contribution in [-0.4, -0.2) is 30.1 Å². The molecule has 0 atom stereocenters. The van der Waals surface area contributed by atoms with E-state index in [-0.39, 0.29) is 5.91 Å². The molecule has 0 aromatic heterocycles. The number of hydrogen-bond donors (Lipinski definition) is 1. The van der Waals surface area contributed by atoms with Crippen LogP contribution in [0.1, 0.15) is 22.3 Å². The van der Waals surface area contributed by atoms with E-state index in [1.165, 1.54) is 4.90 Å². The number of carbonyl (C=O) groups excluding carboxylic acids is 1. The van der Waals surface area contributed by atoms with E-state index in [0.29, 0.717) is 17.4 Å². The smallest absolute Gasteiger partial charge is 0.276 e. The minimum absolute atomic E-state index is 0.149. The van der Waals surface area contributed by atoms with Crippen LogP contribution in [0.15, 0.2) is 42.1 Å². The lowest BCUT2D eigenvalue weighted by Gasteiger charge is -2.13. The molecular weight excluding hydrogens is 360 g/mol. The lowest BCUT2D eigenvalue weighted by Crippen LogP contribution is -2.25. The average Bonchev–Trinajstić information content (AvgIpc) is 2.89. The van der Waals surface area contributed by atoms with Crippen molar-refractivity contribution in [3.63, 3.8) is 0 Å². The van der Waals surface area contributed by atoms with Crippen molar-refractivity contribution in [2.45, 2.75) is 20.5 Å². The number of methoxy groups -OCH3 is 1. The number of thiocarbonyl (C=S) groups is 1. The fourth-order valence-electron chi connectivity index (χ4n) is 2.81. The van der Waals surface area contributed by atoms with Crippen molar-refractivity contribution < 1.29 is 14.3 Å². The topological polar surface area (TPSA) is 50.8 Å². The molecule has 1 N–H and O–H groups in total. The standard InChI is InChI=1S/C21H22N2O3S/c1-13-5-6-14(2)19(9-13)26-12-16-10-15(7-8-18(16)25-4)11-17-20(24)23(3)21(27)22-17/h5-11H,12H2,1-4H3,(H,22,27)/b17-11+. The molecule has 5 nitrogen and oxygen atoms in total. The first kappa shape index (κ1) is 18.9. The van der Waals surface area contributed by atoms with E-state index in [2.05, 4.69) is 11.4 Å². The van der Waals surface area contributed by atoms with Gasteiger partial charge in [0.15, 0.2) is 5.11 Å². The van der Waals surface area contributed by atoms with Crippen LogP contribution in [-0.2, 0) is 11.4 Å². The van der Waals surface area contributed by atoms with Gasteiger partial charge >= 0.3 is 0 Å². The third-order valence-electron chi connectivity index (χ3n) is 4.42. The number of amides is 1. The molecule has 0 saturated carbocycles. The van der Waals surface area contributed by atoms with Crippen LogP contribution in [0, 0.1) is 13.8 Å². The Kier molecular flexibility index (Phi) is 5.46. The summed E-state index contributed by atoms with van der Waals surface area (Å²) in [6.45, 7) is 4.42. The summed E-state index contributed by atoms with van der Waals surface area (Å²) in [5.41, 5.74) is 4.44. The van der Waals surface area contributed by atoms with Gasteiger partial charge in [-0.1, -0.05) is 18.2 Å². The van der Waals surface area contributed by atoms with Gasteiger partial charge in [-0.3, -0.25) is 9.69 Å². The molecule has 0 spiro atoms. The molecule has 2 aromatic rings. The monoisotopic (exact) mass is 382 g/mol. The summed E-state index contributed by atoms with van der Waals surface area (Å²) in [7, 11) is 3.28. The van der Waals surface area contributed by atoms with Gasteiger partial charge in [-0.25, -0.2) is 0 Å². The third kappa shape index (κ3) is 4.11. The maximum Gasteiger partial charge on any atom is 0.276 e. The van der Waals surface area contributed by atoms with Crippen molar-refractivity contribution in [3.8, 4) is 11.5 Å². The highest BCUT2D eigenvalue weighted by atomic mass is 32.1. The summed E-state index contributed by atoms with van der Waals surface area (Å²) in [5.74, 6) is 1.44. The van der Waals surface area contributed by atoms with E-state index in [9.17, 15) is 4.79 Å². The number of benzene rings is 2. The van der Waals surface area contributed by atoms with Gasteiger partial charge in [0.1, 0.15) is 23.8 Å². The van der Waals surface area contributed by atoms with Gasteiger partial charge in [0, 0.05) is 12.6 Å². The second-order valence-electron chi connectivity index (χ2n) is 6.48. The maximum absolute atomic E-state index is 12.2. The first-order chi connectivity index (χ1) is 12.9. The first-order valence-corrected chi connectivity index (χ1v) is 8.97. The van der Waals surface area contributed by atoms with Crippen molar-refractivity contribution in [2.75, 3.05) is 14.2 Å². The van der Waals surface area contributed by atoms with Crippen molar-refractivity contribution in [2.24, 2.45) is 0 Å². The van der Waals surface area contributed by atoms with Gasteiger partial charge in [0.25, 0.3) is 5.91 Å². The zero-order valence-corrected chi connectivity index (χ0v) is 16.6. The van der Waals surface area contributed by atoms with Crippen molar-refractivity contribution in [3.05, 3.63) is 64.3 Å². The Balaban J connectivity index is 1.85. The van der Waals surface area contributed by atoms with Crippen molar-refractivity contribution in [1.29, 1.82) is 0 Å². The predicted molar refractivity (Wildman–Crippen MR) is 110 cm³/mol. The zero-order valence-electron chi connectivity index (χ0n) is 15.8. The number of carbonyl (C=O) groups is 1. The SMILES string of the molecule is COc1ccc(/C=C2/NC(=S)N(C)C2=O)cc1COc1cc(C)ccc1C. The van der Waals surface area contributed by atoms with Gasteiger partial charge in [0.2, 0.25) is 0 Å². The molecule has 1 saturated heterocycles. The molecule has 3 rings (SSSR count). The van der Waals surface area contributed by atoms with Crippen LogP contribution in [0.2, 0.25) is 0 Å². The Morgan fingerprint density at radius 1 is 1.15 bits per heavy atom. The predicted octanol–water partition coefficient (Wildman–Crippen LogP) is 3.58. The molecule has 0 bridgehead atoms. The minimum atomic E-state index is -0.149. The van der Waals surface area contributed by atoms with E-state index in [1.807, 2.05) is 44.2 Å². The van der Waals surface area contributed by atoms with Crippen LogP contribution in [0.3, 0.4) is 0 Å². The Bertz CT molecular complexity index is 937. The molecule has 0 unspecified atom stereocenters. The Hall–Kier alpha value is -2.86. The average molecular weight is 382 g/mol. The van der Waals surface area contributed by atoms with Crippen LogP contribution in [0.4, 0.5) is 0 Å².